The van der Waals surface area contributed by atoms with Crippen LogP contribution in [0, 0.1) is 11.3 Å². The van der Waals surface area contributed by atoms with Crippen LogP contribution in [0.1, 0.15) is 36.6 Å². The number of allylic oxidation sites excluding steroid dienone is 1. The molecule has 0 N–H and O–H groups in total. The summed E-state index contributed by atoms with van der Waals surface area (Å²) >= 11 is 1.27. The fourth-order valence-electron chi connectivity index (χ4n) is 3.46. The first kappa shape index (κ1) is 19.0. The van der Waals surface area contributed by atoms with Crippen molar-refractivity contribution in [2.24, 2.45) is 0 Å². The van der Waals surface area contributed by atoms with E-state index < -0.39 is 0 Å². The van der Waals surface area contributed by atoms with E-state index in [1.165, 1.54) is 11.3 Å². The van der Waals surface area contributed by atoms with Crippen molar-refractivity contribution in [3.63, 3.8) is 0 Å². The Labute approximate surface area is 171 Å². The van der Waals surface area contributed by atoms with Gasteiger partial charge in [-0.1, -0.05) is 18.6 Å². The molecular weight excluding hydrogens is 384 g/mol. The van der Waals surface area contributed by atoms with Gasteiger partial charge in [-0.05, 0) is 31.1 Å². The summed E-state index contributed by atoms with van der Waals surface area (Å²) in [5, 5.41) is 18.6. The summed E-state index contributed by atoms with van der Waals surface area (Å²) in [5.41, 5.74) is 0.896. The molecule has 4 heterocycles. The van der Waals surface area contributed by atoms with Crippen molar-refractivity contribution < 1.29 is 0 Å². The van der Waals surface area contributed by atoms with E-state index >= 15 is 0 Å². The molecule has 0 bridgehead atoms. The zero-order chi connectivity index (χ0) is 20.2. The Kier molecular flexibility index (Phi) is 5.49. The molecule has 1 aliphatic rings. The second-order valence-corrected chi connectivity index (χ2v) is 7.79. The van der Waals surface area contributed by atoms with Crippen LogP contribution in [0.25, 0.3) is 11.6 Å². The summed E-state index contributed by atoms with van der Waals surface area (Å²) in [5.74, 6) is 1.44. The summed E-state index contributed by atoms with van der Waals surface area (Å²) in [4.78, 5) is 17.3. The largest absolute Gasteiger partial charge is 0.310 e. The molecule has 0 amide bonds. The number of thiazole rings is 1. The van der Waals surface area contributed by atoms with Crippen molar-refractivity contribution >= 4 is 23.0 Å². The van der Waals surface area contributed by atoms with E-state index in [4.69, 9.17) is 0 Å². The van der Waals surface area contributed by atoms with Crippen LogP contribution in [0.15, 0.2) is 41.8 Å². The highest BCUT2D eigenvalue weighted by Crippen LogP contribution is 2.18. The van der Waals surface area contributed by atoms with E-state index in [1.54, 1.807) is 22.9 Å². The van der Waals surface area contributed by atoms with E-state index in [1.807, 2.05) is 22.8 Å². The summed E-state index contributed by atoms with van der Waals surface area (Å²) in [6.45, 7) is 4.86. The van der Waals surface area contributed by atoms with Gasteiger partial charge >= 0.3 is 0 Å². The van der Waals surface area contributed by atoms with Gasteiger partial charge in [-0.3, -0.25) is 14.3 Å². The van der Waals surface area contributed by atoms with Crippen LogP contribution in [0.5, 0.6) is 0 Å². The second kappa shape index (κ2) is 8.37. The molecule has 7 nitrogen and oxygen atoms in total. The number of hydrogen-bond donors (Lipinski definition) is 0. The monoisotopic (exact) mass is 404 g/mol. The van der Waals surface area contributed by atoms with Crippen LogP contribution < -0.4 is 14.8 Å². The molecular formula is C21H20N6OS. The number of fused-ring (bicyclic) bond motifs is 1. The van der Waals surface area contributed by atoms with Crippen molar-refractivity contribution in [3.05, 3.63) is 73.9 Å². The van der Waals surface area contributed by atoms with Crippen molar-refractivity contribution in [2.45, 2.75) is 38.8 Å². The maximum absolute atomic E-state index is 13.0. The third kappa shape index (κ3) is 3.69. The molecule has 0 saturated heterocycles. The Morgan fingerprint density at radius 2 is 2.21 bits per heavy atom. The highest BCUT2D eigenvalue weighted by molar-refractivity contribution is 7.07. The van der Waals surface area contributed by atoms with Crippen LogP contribution in [0.3, 0.4) is 0 Å². The van der Waals surface area contributed by atoms with E-state index in [9.17, 15) is 10.1 Å². The number of nitriles is 1. The molecule has 0 spiro atoms. The van der Waals surface area contributed by atoms with Crippen LogP contribution in [0.4, 0.5) is 0 Å². The minimum absolute atomic E-state index is 0.168. The first-order chi connectivity index (χ1) is 14.2. The van der Waals surface area contributed by atoms with Crippen LogP contribution >= 0.6 is 11.3 Å². The summed E-state index contributed by atoms with van der Waals surface area (Å²) < 4.78 is 4.68. The van der Waals surface area contributed by atoms with Gasteiger partial charge in [0.05, 0.1) is 10.2 Å². The van der Waals surface area contributed by atoms with Crippen molar-refractivity contribution in [2.75, 3.05) is 0 Å². The molecule has 0 fully saturated rings. The lowest BCUT2D eigenvalue weighted by Gasteiger charge is -2.06. The lowest BCUT2D eigenvalue weighted by atomic mass is 10.2. The first-order valence-electron chi connectivity index (χ1n) is 9.53. The zero-order valence-electron chi connectivity index (χ0n) is 15.9. The van der Waals surface area contributed by atoms with Gasteiger partial charge in [0.15, 0.2) is 5.82 Å². The Balaban J connectivity index is 1.99. The summed E-state index contributed by atoms with van der Waals surface area (Å²) in [6, 6.07) is 7.81. The molecule has 3 aromatic heterocycles. The average Bonchev–Trinajstić information content (AvgIpc) is 3.16. The van der Waals surface area contributed by atoms with E-state index in [2.05, 4.69) is 27.8 Å². The molecule has 8 heteroatoms. The first-order valence-corrected chi connectivity index (χ1v) is 10.3. The van der Waals surface area contributed by atoms with Crippen molar-refractivity contribution in [1.29, 1.82) is 5.26 Å². The van der Waals surface area contributed by atoms with Gasteiger partial charge in [0.2, 0.25) is 0 Å². The fraction of sp³-hybridized carbons (Fsp3) is 0.286. The molecule has 146 valence electrons. The molecule has 4 rings (SSSR count). The molecule has 0 aliphatic carbocycles. The molecule has 0 radical (unpaired) electrons. The number of aromatic nitrogens is 5. The second-order valence-electron chi connectivity index (χ2n) is 6.76. The fourth-order valence-corrected chi connectivity index (χ4v) is 4.55. The molecule has 29 heavy (non-hydrogen) atoms. The number of pyridine rings is 1. The van der Waals surface area contributed by atoms with Crippen molar-refractivity contribution in [3.8, 4) is 6.07 Å². The number of hydrogen-bond acceptors (Lipinski definition) is 6. The van der Waals surface area contributed by atoms with Crippen LogP contribution in [-0.2, 0) is 19.5 Å². The number of nitrogens with zero attached hydrogens (tertiary/aromatic N) is 6. The summed E-state index contributed by atoms with van der Waals surface area (Å²) in [7, 11) is 0. The van der Waals surface area contributed by atoms with Gasteiger partial charge in [-0.15, -0.1) is 28.1 Å². The number of aryl methyl sites for hydroxylation is 1. The maximum Gasteiger partial charge on any atom is 0.269 e. The standard InChI is InChI=1S/C21H20N6OS/c1-2-11-27-20(28)17(13-15-8-5-6-10-23-15)29-21(27)16(14-22)19-25-24-18-9-4-3-7-12-26(18)19/h2,5-6,8,10,13H,1,3-4,7,9,11-12H2. The van der Waals surface area contributed by atoms with Gasteiger partial charge in [-0.25, -0.2) is 0 Å². The molecule has 3 aromatic rings. The van der Waals surface area contributed by atoms with E-state index in [0.717, 1.165) is 38.1 Å². The van der Waals surface area contributed by atoms with Gasteiger partial charge in [0, 0.05) is 25.7 Å². The minimum Gasteiger partial charge on any atom is -0.310 e. The highest BCUT2D eigenvalue weighted by atomic mass is 32.1. The molecule has 0 saturated carbocycles. The minimum atomic E-state index is -0.168. The van der Waals surface area contributed by atoms with Crippen LogP contribution in [0.2, 0.25) is 0 Å². The van der Waals surface area contributed by atoms with E-state index in [0.29, 0.717) is 32.8 Å². The van der Waals surface area contributed by atoms with Crippen LogP contribution in [-0.4, -0.2) is 24.3 Å². The zero-order valence-corrected chi connectivity index (χ0v) is 16.7. The SMILES string of the molecule is C=CCn1c(=C(C#N)c2nnc3n2CCCCC3)sc(=Cc2ccccn2)c1=O. The molecule has 1 aliphatic heterocycles. The Morgan fingerprint density at radius 1 is 1.31 bits per heavy atom. The van der Waals surface area contributed by atoms with Gasteiger partial charge in [0.1, 0.15) is 22.1 Å². The predicted octanol–water partition coefficient (Wildman–Crippen LogP) is 1.36. The topological polar surface area (TPSA) is 89.4 Å². The third-order valence-electron chi connectivity index (χ3n) is 4.84. The lowest BCUT2D eigenvalue weighted by Crippen LogP contribution is -2.32. The molecule has 0 aromatic carbocycles. The van der Waals surface area contributed by atoms with Gasteiger partial charge in [0.25, 0.3) is 5.56 Å². The average molecular weight is 404 g/mol. The quantitative estimate of drug-likeness (QED) is 0.613. The Hall–Kier alpha value is -3.31. The third-order valence-corrected chi connectivity index (χ3v) is 5.98. The molecule has 0 unspecified atom stereocenters. The highest BCUT2D eigenvalue weighted by Gasteiger charge is 2.20. The predicted molar refractivity (Wildman–Crippen MR) is 112 cm³/mol. The Bertz CT molecular complexity index is 1260. The van der Waals surface area contributed by atoms with E-state index in [-0.39, 0.29) is 5.56 Å². The molecule has 0 atom stereocenters. The number of rotatable bonds is 4. The Morgan fingerprint density at radius 3 is 2.97 bits per heavy atom. The van der Waals surface area contributed by atoms with Gasteiger partial charge < -0.3 is 4.57 Å². The summed E-state index contributed by atoms with van der Waals surface area (Å²) in [6.07, 6.45) is 9.17. The normalized spacial score (nSPS) is 15.3. The lowest BCUT2D eigenvalue weighted by molar-refractivity contribution is 0.626. The van der Waals surface area contributed by atoms with Gasteiger partial charge in [-0.2, -0.15) is 5.26 Å². The smallest absolute Gasteiger partial charge is 0.269 e. The maximum atomic E-state index is 13.0. The van der Waals surface area contributed by atoms with Crippen molar-refractivity contribution in [1.82, 2.24) is 24.3 Å².